The van der Waals surface area contributed by atoms with Crippen molar-refractivity contribution in [3.63, 3.8) is 0 Å². The molecule has 0 aromatic heterocycles. The van der Waals surface area contributed by atoms with Gasteiger partial charge in [-0.25, -0.2) is 0 Å². The van der Waals surface area contributed by atoms with Gasteiger partial charge in [-0.3, -0.25) is 0 Å². The quantitative estimate of drug-likeness (QED) is 0.165. The fourth-order valence-electron chi connectivity index (χ4n) is 6.91. The molecule has 0 unspecified atom stereocenters. The number of anilines is 2. The number of hydrogen-bond acceptors (Lipinski definition) is 2. The lowest BCUT2D eigenvalue weighted by atomic mass is 10.3. The average molecular weight is 604 g/mol. The van der Waals surface area contributed by atoms with Gasteiger partial charge in [0.05, 0.1) is 11.4 Å². The fourth-order valence-corrected chi connectivity index (χ4v) is 17.1. The van der Waals surface area contributed by atoms with Crippen molar-refractivity contribution >= 4 is 58.3 Å². The Labute approximate surface area is 263 Å². The highest BCUT2D eigenvalue weighted by Gasteiger charge is 2.45. The highest BCUT2D eigenvalue weighted by atomic mass is 31.2. The molecular formula is C40H36N2PSi. The first-order chi connectivity index (χ1) is 21.7. The highest BCUT2D eigenvalue weighted by molar-refractivity contribution is 7.98. The molecular weight excluding hydrogens is 568 g/mol. The predicted molar refractivity (Wildman–Crippen MR) is 195 cm³/mol. The Morgan fingerprint density at radius 3 is 1.07 bits per heavy atom. The summed E-state index contributed by atoms with van der Waals surface area (Å²) in [7, 11) is 3.06. The van der Waals surface area contributed by atoms with E-state index < -0.39 is 15.7 Å². The molecule has 1 heterocycles. The van der Waals surface area contributed by atoms with Gasteiger partial charge in [-0.1, -0.05) is 174 Å². The number of fused-ring (bicyclic) bond motifs is 1. The van der Waals surface area contributed by atoms with Gasteiger partial charge in [0, 0.05) is 14.1 Å². The zero-order valence-electron chi connectivity index (χ0n) is 25.2. The van der Waals surface area contributed by atoms with E-state index in [1.54, 1.807) is 4.92 Å². The molecule has 6 aromatic carbocycles. The molecule has 0 saturated heterocycles. The minimum Gasteiger partial charge on any atom is -0.349 e. The van der Waals surface area contributed by atoms with Gasteiger partial charge in [0.15, 0.2) is 8.80 Å². The van der Waals surface area contributed by atoms with E-state index in [-0.39, 0.29) is 6.17 Å². The summed E-state index contributed by atoms with van der Waals surface area (Å²) in [6, 6.07) is 65.5. The monoisotopic (exact) mass is 603 g/mol. The Balaban J connectivity index is 1.74. The second-order valence-corrected chi connectivity index (χ2v) is 17.5. The van der Waals surface area contributed by atoms with Crippen LogP contribution < -0.4 is 36.1 Å². The van der Waals surface area contributed by atoms with Gasteiger partial charge < -0.3 is 9.80 Å². The summed E-state index contributed by atoms with van der Waals surface area (Å²) in [5.74, 6) is 0. The number of rotatable bonds is 7. The van der Waals surface area contributed by atoms with Gasteiger partial charge in [0.2, 0.25) is 0 Å². The lowest BCUT2D eigenvalue weighted by Gasteiger charge is -2.42. The first kappa shape index (κ1) is 28.2. The predicted octanol–water partition coefficient (Wildman–Crippen LogP) is 5.91. The van der Waals surface area contributed by atoms with Crippen LogP contribution in [-0.4, -0.2) is 34.0 Å². The van der Waals surface area contributed by atoms with E-state index in [1.807, 2.05) is 0 Å². The van der Waals surface area contributed by atoms with Gasteiger partial charge in [0.25, 0.3) is 0 Å². The van der Waals surface area contributed by atoms with Crippen molar-refractivity contribution in [2.45, 2.75) is 6.17 Å². The molecule has 1 aliphatic rings. The van der Waals surface area contributed by atoms with Gasteiger partial charge in [0.1, 0.15) is 6.17 Å². The lowest BCUT2D eigenvalue weighted by molar-refractivity contribution is 0.824. The van der Waals surface area contributed by atoms with Crippen LogP contribution in [-0.2, 0) is 0 Å². The molecule has 2 nitrogen and oxygen atoms in total. The molecule has 1 radical (unpaired) electrons. The molecule has 0 fully saturated rings. The SMILES string of the molecule is CN1c2ccccc2N(C)C1C([Si](c1ccccc1)c1ccccc1)=P(c1ccccc1)(c1ccccc1)c1ccccc1. The largest absolute Gasteiger partial charge is 0.349 e. The molecule has 6 aromatic rings. The minimum atomic E-state index is -2.42. The first-order valence-electron chi connectivity index (χ1n) is 15.2. The van der Waals surface area contributed by atoms with Crippen LogP contribution in [0.4, 0.5) is 11.4 Å². The molecule has 0 N–H and O–H groups in total. The zero-order valence-corrected chi connectivity index (χ0v) is 27.1. The van der Waals surface area contributed by atoms with Crippen LogP contribution >= 0.6 is 6.89 Å². The van der Waals surface area contributed by atoms with Crippen LogP contribution in [0.15, 0.2) is 176 Å². The first-order valence-corrected chi connectivity index (χ1v) is 18.5. The topological polar surface area (TPSA) is 6.48 Å². The third-order valence-corrected chi connectivity index (χ3v) is 17.2. The molecule has 7 rings (SSSR count). The summed E-state index contributed by atoms with van der Waals surface area (Å²) in [6.45, 7) is -2.42. The summed E-state index contributed by atoms with van der Waals surface area (Å²) in [4.78, 5) is 6.67. The summed E-state index contributed by atoms with van der Waals surface area (Å²) < 4.78 is 0. The molecule has 0 bridgehead atoms. The van der Waals surface area contributed by atoms with E-state index >= 15 is 0 Å². The van der Waals surface area contributed by atoms with E-state index in [9.17, 15) is 0 Å². The molecule has 0 spiro atoms. The Hall–Kier alpha value is -4.56. The van der Waals surface area contributed by atoms with Crippen LogP contribution in [0, 0.1) is 0 Å². The van der Waals surface area contributed by atoms with Gasteiger partial charge in [-0.2, -0.15) is 0 Å². The fraction of sp³-hybridized carbons (Fsp3) is 0.0750. The number of nitrogens with zero attached hydrogens (tertiary/aromatic N) is 2. The Kier molecular flexibility index (Phi) is 7.83. The van der Waals surface area contributed by atoms with E-state index in [4.69, 9.17) is 0 Å². The lowest BCUT2D eigenvalue weighted by Crippen LogP contribution is -2.62. The van der Waals surface area contributed by atoms with Crippen molar-refractivity contribution in [1.82, 2.24) is 0 Å². The summed E-state index contributed by atoms with van der Waals surface area (Å²) in [5, 5.41) is 6.98. The minimum absolute atomic E-state index is 0.0376. The maximum atomic E-state index is 2.53. The molecule has 44 heavy (non-hydrogen) atoms. The second kappa shape index (κ2) is 12.2. The van der Waals surface area contributed by atoms with Crippen molar-refractivity contribution in [1.29, 1.82) is 0 Å². The smallest absolute Gasteiger partial charge is 0.156 e. The number of hydrogen-bond donors (Lipinski definition) is 0. The van der Waals surface area contributed by atoms with Crippen molar-refractivity contribution in [2.24, 2.45) is 0 Å². The van der Waals surface area contributed by atoms with Crippen LogP contribution in [0.5, 0.6) is 0 Å². The summed E-state index contributed by atoms with van der Waals surface area (Å²) in [5.41, 5.74) is 2.54. The highest BCUT2D eigenvalue weighted by Crippen LogP contribution is 2.50. The Bertz CT molecular complexity index is 1720. The number of para-hydroxylation sites is 2. The molecule has 0 saturated carbocycles. The van der Waals surface area contributed by atoms with Crippen LogP contribution in [0.2, 0.25) is 0 Å². The van der Waals surface area contributed by atoms with E-state index in [2.05, 4.69) is 200 Å². The van der Waals surface area contributed by atoms with Crippen molar-refractivity contribution < 1.29 is 0 Å². The molecule has 0 atom stereocenters. The standard InChI is InChI=1S/C40H36N2PSi/c1-41-37-30-18-19-31-38(37)42(2)39(41)40(44(35-26-14-6-15-27-35)36-28-16-7-17-29-36)43(32-20-8-3-9-21-32,33-22-10-4-11-23-33)34-24-12-5-13-25-34/h3-31,39H,1-2H3. The second-order valence-electron chi connectivity index (χ2n) is 11.3. The summed E-state index contributed by atoms with van der Waals surface area (Å²) in [6.07, 6.45) is 0.0376. The molecule has 0 aliphatic carbocycles. The zero-order chi connectivity index (χ0) is 29.9. The van der Waals surface area contributed by atoms with Crippen LogP contribution in [0.25, 0.3) is 0 Å². The van der Waals surface area contributed by atoms with Crippen LogP contribution in [0.3, 0.4) is 0 Å². The summed E-state index contributed by atoms with van der Waals surface area (Å²) >= 11 is 0. The van der Waals surface area contributed by atoms with Gasteiger partial charge in [-0.05, 0) is 39.8 Å². The normalized spacial score (nSPS) is 13.2. The van der Waals surface area contributed by atoms with E-state index in [1.165, 1.54) is 37.7 Å². The molecule has 0 amide bonds. The van der Waals surface area contributed by atoms with Crippen molar-refractivity contribution in [3.05, 3.63) is 176 Å². The molecule has 4 heteroatoms. The average Bonchev–Trinajstić information content (AvgIpc) is 3.35. The van der Waals surface area contributed by atoms with Gasteiger partial charge >= 0.3 is 0 Å². The van der Waals surface area contributed by atoms with Gasteiger partial charge in [-0.15, -0.1) is 0 Å². The van der Waals surface area contributed by atoms with E-state index in [0.29, 0.717) is 0 Å². The Morgan fingerprint density at radius 1 is 0.432 bits per heavy atom. The van der Waals surface area contributed by atoms with Crippen LogP contribution in [0.1, 0.15) is 0 Å². The van der Waals surface area contributed by atoms with Crippen molar-refractivity contribution in [3.8, 4) is 0 Å². The van der Waals surface area contributed by atoms with E-state index in [0.717, 1.165) is 0 Å². The maximum Gasteiger partial charge on any atom is 0.156 e. The maximum absolute atomic E-state index is 2.53. The third-order valence-electron chi connectivity index (χ3n) is 8.79. The van der Waals surface area contributed by atoms with Crippen molar-refractivity contribution in [2.75, 3.05) is 23.9 Å². The Morgan fingerprint density at radius 2 is 0.727 bits per heavy atom. The third kappa shape index (κ3) is 4.74. The number of benzene rings is 6. The molecule has 1 aliphatic heterocycles. The molecule has 215 valence electrons.